The number of ether oxygens (including phenoxy) is 4. The van der Waals surface area contributed by atoms with E-state index in [-0.39, 0.29) is 40.3 Å². The van der Waals surface area contributed by atoms with Crippen LogP contribution in [0.5, 0.6) is 11.5 Å². The Balaban J connectivity index is 0.00000222. The van der Waals surface area contributed by atoms with Gasteiger partial charge in [-0.25, -0.2) is 9.78 Å². The Bertz CT molecular complexity index is 1070. The number of rotatable bonds is 10. The van der Waals surface area contributed by atoms with Crippen LogP contribution in [0.15, 0.2) is 29.3 Å². The third-order valence-corrected chi connectivity index (χ3v) is 6.37. The Kier molecular flexibility index (Phi) is 11.2. The molecule has 0 aliphatic heterocycles. The highest BCUT2D eigenvalue weighted by molar-refractivity contribution is 6.30. The van der Waals surface area contributed by atoms with E-state index in [0.717, 1.165) is 19.3 Å². The summed E-state index contributed by atoms with van der Waals surface area (Å²) in [5.41, 5.74) is 0.168. The van der Waals surface area contributed by atoms with Crippen LogP contribution in [0.25, 0.3) is 0 Å². The van der Waals surface area contributed by atoms with Crippen molar-refractivity contribution in [3.8, 4) is 11.5 Å². The number of halogens is 1. The van der Waals surface area contributed by atoms with Crippen molar-refractivity contribution in [1.82, 2.24) is 9.55 Å². The summed E-state index contributed by atoms with van der Waals surface area (Å²) in [4.78, 5) is 29.0. The SMILES string of the molecule is CC.CCOC(=O)c1cn(C2C(Oc3cc(OCCCOC)c(Cl)nc3C)CCC2(C)C)ccc1=O. The quantitative estimate of drug-likeness (QED) is 0.227. The monoisotopic (exact) mass is 522 g/mol. The van der Waals surface area contributed by atoms with Crippen LogP contribution in [0.3, 0.4) is 0 Å². The number of hydrogen-bond donors (Lipinski definition) is 0. The molecule has 0 N–H and O–H groups in total. The lowest BCUT2D eigenvalue weighted by Crippen LogP contribution is -2.33. The molecule has 3 rings (SSSR count). The molecule has 0 bridgehead atoms. The van der Waals surface area contributed by atoms with Gasteiger partial charge in [0.15, 0.2) is 16.3 Å². The number of esters is 1. The van der Waals surface area contributed by atoms with Crippen molar-refractivity contribution >= 4 is 17.6 Å². The van der Waals surface area contributed by atoms with E-state index in [9.17, 15) is 9.59 Å². The van der Waals surface area contributed by atoms with Crippen molar-refractivity contribution in [2.24, 2.45) is 5.41 Å². The first-order valence-electron chi connectivity index (χ1n) is 12.5. The number of methoxy groups -OCH3 is 1. The van der Waals surface area contributed by atoms with Gasteiger partial charge in [-0.15, -0.1) is 0 Å². The Morgan fingerprint density at radius 2 is 1.97 bits per heavy atom. The molecule has 2 heterocycles. The molecule has 1 fully saturated rings. The smallest absolute Gasteiger partial charge is 0.343 e. The topological polar surface area (TPSA) is 88.9 Å². The van der Waals surface area contributed by atoms with Crippen molar-refractivity contribution in [2.45, 2.75) is 73.0 Å². The highest BCUT2D eigenvalue weighted by Crippen LogP contribution is 2.48. The minimum atomic E-state index is -0.622. The minimum Gasteiger partial charge on any atom is -0.490 e. The predicted molar refractivity (Wildman–Crippen MR) is 140 cm³/mol. The second kappa shape index (κ2) is 13.7. The molecule has 0 aromatic carbocycles. The van der Waals surface area contributed by atoms with Crippen LogP contribution < -0.4 is 14.9 Å². The van der Waals surface area contributed by atoms with E-state index in [4.69, 9.17) is 30.5 Å². The third-order valence-electron chi connectivity index (χ3n) is 6.10. The van der Waals surface area contributed by atoms with E-state index in [1.165, 1.54) is 6.07 Å². The predicted octanol–water partition coefficient (Wildman–Crippen LogP) is 5.63. The van der Waals surface area contributed by atoms with Gasteiger partial charge in [0.25, 0.3) is 0 Å². The highest BCUT2D eigenvalue weighted by atomic mass is 35.5. The summed E-state index contributed by atoms with van der Waals surface area (Å²) in [5, 5.41) is 0.282. The van der Waals surface area contributed by atoms with E-state index in [1.807, 2.05) is 25.3 Å². The van der Waals surface area contributed by atoms with Gasteiger partial charge in [0.05, 0.1) is 24.9 Å². The molecular weight excluding hydrogens is 484 g/mol. The first-order valence-corrected chi connectivity index (χ1v) is 12.9. The first-order chi connectivity index (χ1) is 17.2. The molecule has 1 saturated carbocycles. The Morgan fingerprint density at radius 3 is 2.64 bits per heavy atom. The van der Waals surface area contributed by atoms with E-state index in [2.05, 4.69) is 18.8 Å². The molecule has 2 atom stereocenters. The van der Waals surface area contributed by atoms with Gasteiger partial charge in [0.2, 0.25) is 0 Å². The summed E-state index contributed by atoms with van der Waals surface area (Å²) >= 11 is 6.29. The largest absolute Gasteiger partial charge is 0.490 e. The maximum absolute atomic E-state index is 12.3. The second-order valence-electron chi connectivity index (χ2n) is 9.07. The molecular formula is C27H39ClN2O6. The van der Waals surface area contributed by atoms with E-state index in [1.54, 1.807) is 32.5 Å². The van der Waals surface area contributed by atoms with Gasteiger partial charge in [0.1, 0.15) is 17.4 Å². The molecule has 1 aliphatic carbocycles. The van der Waals surface area contributed by atoms with E-state index in [0.29, 0.717) is 30.4 Å². The van der Waals surface area contributed by atoms with Gasteiger partial charge >= 0.3 is 5.97 Å². The molecule has 9 heteroatoms. The van der Waals surface area contributed by atoms with Gasteiger partial charge in [-0.1, -0.05) is 39.3 Å². The fourth-order valence-corrected chi connectivity index (χ4v) is 4.62. The fraction of sp³-hybridized carbons (Fsp3) is 0.593. The van der Waals surface area contributed by atoms with Crippen molar-refractivity contribution in [3.63, 3.8) is 0 Å². The van der Waals surface area contributed by atoms with Crippen LogP contribution in [0, 0.1) is 12.3 Å². The first kappa shape index (κ1) is 29.6. The number of hydrogen-bond acceptors (Lipinski definition) is 7. The van der Waals surface area contributed by atoms with Crippen LogP contribution >= 0.6 is 11.6 Å². The molecule has 2 aromatic heterocycles. The maximum Gasteiger partial charge on any atom is 0.343 e. The molecule has 0 amide bonds. The normalized spacial score (nSPS) is 18.2. The maximum atomic E-state index is 12.3. The molecule has 2 aromatic rings. The molecule has 200 valence electrons. The molecule has 8 nitrogen and oxygen atoms in total. The molecule has 0 radical (unpaired) electrons. The summed E-state index contributed by atoms with van der Waals surface area (Å²) in [7, 11) is 1.64. The zero-order valence-electron chi connectivity index (χ0n) is 22.4. The Morgan fingerprint density at radius 1 is 1.25 bits per heavy atom. The molecule has 0 saturated heterocycles. The lowest BCUT2D eigenvalue weighted by Gasteiger charge is -2.33. The summed E-state index contributed by atoms with van der Waals surface area (Å²) < 4.78 is 24.3. The van der Waals surface area contributed by atoms with E-state index < -0.39 is 5.97 Å². The van der Waals surface area contributed by atoms with Crippen molar-refractivity contribution in [3.05, 3.63) is 51.2 Å². The fourth-order valence-electron chi connectivity index (χ4n) is 4.39. The van der Waals surface area contributed by atoms with Gasteiger partial charge in [-0.05, 0) is 32.1 Å². The molecule has 0 spiro atoms. The Hall–Kier alpha value is -2.58. The van der Waals surface area contributed by atoms with Crippen molar-refractivity contribution in [1.29, 1.82) is 0 Å². The summed E-state index contributed by atoms with van der Waals surface area (Å²) in [5.74, 6) is 0.425. The van der Waals surface area contributed by atoms with Crippen LogP contribution in [-0.2, 0) is 9.47 Å². The van der Waals surface area contributed by atoms with E-state index >= 15 is 0 Å². The summed E-state index contributed by atoms with van der Waals surface area (Å²) in [6, 6.07) is 3.05. The van der Waals surface area contributed by atoms with Crippen LogP contribution in [0.4, 0.5) is 0 Å². The molecule has 36 heavy (non-hydrogen) atoms. The van der Waals surface area contributed by atoms with Gasteiger partial charge in [-0.3, -0.25) is 4.79 Å². The number of carbonyl (C=O) groups is 1. The van der Waals surface area contributed by atoms with Gasteiger partial charge < -0.3 is 23.5 Å². The van der Waals surface area contributed by atoms with Crippen LogP contribution in [0.2, 0.25) is 5.15 Å². The number of carbonyl (C=O) groups excluding carboxylic acids is 1. The van der Waals surface area contributed by atoms with Crippen molar-refractivity contribution in [2.75, 3.05) is 26.9 Å². The van der Waals surface area contributed by atoms with Crippen molar-refractivity contribution < 1.29 is 23.7 Å². The number of pyridine rings is 2. The number of aromatic nitrogens is 2. The average Bonchev–Trinajstić information content (AvgIpc) is 3.14. The third kappa shape index (κ3) is 7.23. The van der Waals surface area contributed by atoms with Gasteiger partial charge in [0, 0.05) is 44.7 Å². The number of nitrogens with zero attached hydrogens (tertiary/aromatic N) is 2. The standard InChI is InChI=1S/C25H33ClN2O6.C2H6/c1-6-32-24(30)17-15-28(11-9-18(17)29)22-19(8-10-25(22,3)4)34-20-14-21(23(26)27-16(20)2)33-13-7-12-31-5;1-2/h9,11,14-15,19,22H,6-8,10,12-13H2,1-5H3;1-2H3. The Labute approximate surface area is 218 Å². The summed E-state index contributed by atoms with van der Waals surface area (Å²) in [6.45, 7) is 13.1. The molecule has 1 aliphatic rings. The lowest BCUT2D eigenvalue weighted by atomic mass is 9.86. The molecule has 2 unspecified atom stereocenters. The second-order valence-corrected chi connectivity index (χ2v) is 9.43. The highest BCUT2D eigenvalue weighted by Gasteiger charge is 2.44. The zero-order valence-corrected chi connectivity index (χ0v) is 23.2. The van der Waals surface area contributed by atoms with Gasteiger partial charge in [-0.2, -0.15) is 0 Å². The van der Waals surface area contributed by atoms with Crippen LogP contribution in [0.1, 0.15) is 76.0 Å². The lowest BCUT2D eigenvalue weighted by molar-refractivity contribution is 0.0521. The average molecular weight is 523 g/mol. The zero-order chi connectivity index (χ0) is 26.9. The number of aryl methyl sites for hydroxylation is 1. The van der Waals surface area contributed by atoms with Crippen LogP contribution in [-0.4, -0.2) is 48.6 Å². The minimum absolute atomic E-state index is 0.0156. The summed E-state index contributed by atoms with van der Waals surface area (Å²) in [6.07, 6.45) is 5.50.